The van der Waals surface area contributed by atoms with Crippen LogP contribution in [0, 0.1) is 0 Å². The Kier molecular flexibility index (Phi) is 33.0. The van der Waals surface area contributed by atoms with Crippen LogP contribution in [-0.2, 0) is 4.74 Å². The van der Waals surface area contributed by atoms with Crippen molar-refractivity contribution in [1.29, 1.82) is 0 Å². The van der Waals surface area contributed by atoms with E-state index in [-0.39, 0.29) is 12.2 Å². The second-order valence-corrected chi connectivity index (χ2v) is 11.9. The minimum atomic E-state index is -0.139. The van der Waals surface area contributed by atoms with Gasteiger partial charge < -0.3 is 14.9 Å². The summed E-state index contributed by atoms with van der Waals surface area (Å²) in [7, 11) is 0. The maximum Gasteiger partial charge on any atom is 0.0574 e. The molecule has 0 aliphatic carbocycles. The lowest BCUT2D eigenvalue weighted by atomic mass is 10.1. The van der Waals surface area contributed by atoms with Crippen molar-refractivity contribution >= 4 is 0 Å². The van der Waals surface area contributed by atoms with Crippen LogP contribution in [0.15, 0.2) is 24.3 Å². The van der Waals surface area contributed by atoms with Gasteiger partial charge in [-0.2, -0.15) is 0 Å². The van der Waals surface area contributed by atoms with Crippen molar-refractivity contribution in [3.8, 4) is 0 Å². The normalized spacial score (nSPS) is 13.6. The topological polar surface area (TPSA) is 49.7 Å². The van der Waals surface area contributed by atoms with Gasteiger partial charge in [0.05, 0.1) is 12.2 Å². The fourth-order valence-corrected chi connectivity index (χ4v) is 5.04. The molecule has 0 aromatic carbocycles. The number of aliphatic hydroxyl groups excluding tert-OH is 2. The minimum Gasteiger partial charge on any atom is -0.393 e. The quantitative estimate of drug-likeness (QED) is 0.0647. The van der Waals surface area contributed by atoms with Gasteiger partial charge in [0.25, 0.3) is 0 Å². The van der Waals surface area contributed by atoms with E-state index in [1.165, 1.54) is 128 Å². The van der Waals surface area contributed by atoms with Crippen LogP contribution in [0.4, 0.5) is 0 Å². The van der Waals surface area contributed by atoms with Crippen LogP contribution in [-0.4, -0.2) is 35.6 Å². The Hall–Kier alpha value is -0.640. The number of rotatable bonds is 32. The Morgan fingerprint density at radius 2 is 0.795 bits per heavy atom. The van der Waals surface area contributed by atoms with Crippen LogP contribution in [0.5, 0.6) is 0 Å². The van der Waals surface area contributed by atoms with Gasteiger partial charge in [0, 0.05) is 13.2 Å². The van der Waals surface area contributed by atoms with Gasteiger partial charge >= 0.3 is 0 Å². The molecule has 0 unspecified atom stereocenters. The zero-order chi connectivity index (χ0) is 28.5. The molecule has 3 heteroatoms. The monoisotopic (exact) mass is 551 g/mol. The van der Waals surface area contributed by atoms with Gasteiger partial charge in [-0.25, -0.2) is 0 Å². The van der Waals surface area contributed by atoms with Crippen molar-refractivity contribution in [3.05, 3.63) is 24.3 Å². The standard InChI is InChI=1S/C36H70O3/c1-3-5-7-23-29-35(37)31-25-19-15-11-9-13-17-21-27-33-39-34-28-22-18-14-10-12-16-20-26-32-36(38)30-24-8-6-4-2/h19-20,25-26,35-38H,3-18,21-24,27-34H2,1-2H3/t35-,36-/m1/s1. The Balaban J connectivity index is 3.22. The molecule has 0 radical (unpaired) electrons. The van der Waals surface area contributed by atoms with Gasteiger partial charge in [-0.15, -0.1) is 0 Å². The van der Waals surface area contributed by atoms with E-state index in [0.29, 0.717) is 0 Å². The second kappa shape index (κ2) is 33.6. The molecule has 0 spiro atoms. The highest BCUT2D eigenvalue weighted by Gasteiger charge is 2.01. The minimum absolute atomic E-state index is 0.139. The highest BCUT2D eigenvalue weighted by molar-refractivity contribution is 4.84. The third kappa shape index (κ3) is 33.5. The fraction of sp³-hybridized carbons (Fsp3) is 0.889. The van der Waals surface area contributed by atoms with E-state index in [2.05, 4.69) is 38.2 Å². The van der Waals surface area contributed by atoms with E-state index in [1.54, 1.807) is 0 Å². The van der Waals surface area contributed by atoms with Crippen LogP contribution in [0.25, 0.3) is 0 Å². The maximum absolute atomic E-state index is 9.98. The van der Waals surface area contributed by atoms with E-state index in [4.69, 9.17) is 4.74 Å². The van der Waals surface area contributed by atoms with Crippen molar-refractivity contribution < 1.29 is 14.9 Å². The lowest BCUT2D eigenvalue weighted by Crippen LogP contribution is -2.04. The first-order chi connectivity index (χ1) is 19.2. The number of ether oxygens (including phenoxy) is 1. The Morgan fingerprint density at radius 3 is 1.21 bits per heavy atom. The predicted octanol–water partition coefficient (Wildman–Crippen LogP) is 11.0. The average molecular weight is 551 g/mol. The van der Waals surface area contributed by atoms with E-state index in [1.807, 2.05) is 0 Å². The molecule has 232 valence electrons. The van der Waals surface area contributed by atoms with Gasteiger partial charge in [0.15, 0.2) is 0 Å². The molecule has 2 atom stereocenters. The van der Waals surface area contributed by atoms with E-state index >= 15 is 0 Å². The zero-order valence-electron chi connectivity index (χ0n) is 26.6. The molecule has 0 rings (SSSR count). The Bertz CT molecular complexity index is 458. The third-order valence-electron chi connectivity index (χ3n) is 7.75. The summed E-state index contributed by atoms with van der Waals surface area (Å²) in [5.41, 5.74) is 0. The largest absolute Gasteiger partial charge is 0.393 e. The molecule has 0 saturated carbocycles. The van der Waals surface area contributed by atoms with Gasteiger partial charge in [-0.1, -0.05) is 141 Å². The summed E-state index contributed by atoms with van der Waals surface area (Å²) >= 11 is 0. The highest BCUT2D eigenvalue weighted by atomic mass is 16.5. The zero-order valence-corrected chi connectivity index (χ0v) is 26.6. The van der Waals surface area contributed by atoms with Crippen LogP contribution < -0.4 is 0 Å². The van der Waals surface area contributed by atoms with Gasteiger partial charge in [-0.05, 0) is 64.2 Å². The Labute approximate surface area is 245 Å². The molecule has 0 heterocycles. The molecule has 0 fully saturated rings. The lowest BCUT2D eigenvalue weighted by Gasteiger charge is -2.07. The van der Waals surface area contributed by atoms with Crippen molar-refractivity contribution in [1.82, 2.24) is 0 Å². The fourth-order valence-electron chi connectivity index (χ4n) is 5.04. The first kappa shape index (κ1) is 38.4. The van der Waals surface area contributed by atoms with Crippen molar-refractivity contribution in [2.45, 2.75) is 193 Å². The molecule has 39 heavy (non-hydrogen) atoms. The molecular weight excluding hydrogens is 480 g/mol. The SMILES string of the molecule is CCCCCC[C@@H](O)CC=CCCCCCCCCOCCCCCCCCC=CC[C@H](O)CCCCCC. The van der Waals surface area contributed by atoms with Crippen LogP contribution in [0.2, 0.25) is 0 Å². The number of hydrogen-bond acceptors (Lipinski definition) is 3. The lowest BCUT2D eigenvalue weighted by molar-refractivity contribution is 0.125. The summed E-state index contributed by atoms with van der Waals surface area (Å²) in [5.74, 6) is 0. The summed E-state index contributed by atoms with van der Waals surface area (Å²) in [4.78, 5) is 0. The maximum atomic E-state index is 9.98. The summed E-state index contributed by atoms with van der Waals surface area (Å²) in [6.45, 7) is 6.32. The first-order valence-electron chi connectivity index (χ1n) is 17.4. The summed E-state index contributed by atoms with van der Waals surface area (Å²) < 4.78 is 5.83. The first-order valence-corrected chi connectivity index (χ1v) is 17.4. The van der Waals surface area contributed by atoms with Crippen LogP contribution in [0.3, 0.4) is 0 Å². The molecule has 0 saturated heterocycles. The molecule has 0 aromatic rings. The summed E-state index contributed by atoms with van der Waals surface area (Å²) in [6.07, 6.45) is 40.0. The average Bonchev–Trinajstić information content (AvgIpc) is 2.94. The van der Waals surface area contributed by atoms with Crippen molar-refractivity contribution in [2.24, 2.45) is 0 Å². The number of allylic oxidation sites excluding steroid dienone is 2. The van der Waals surface area contributed by atoms with E-state index < -0.39 is 0 Å². The third-order valence-corrected chi connectivity index (χ3v) is 7.75. The number of hydrogen-bond donors (Lipinski definition) is 2. The Morgan fingerprint density at radius 1 is 0.436 bits per heavy atom. The molecule has 0 aliphatic rings. The number of aliphatic hydroxyl groups is 2. The van der Waals surface area contributed by atoms with Gasteiger partial charge in [-0.3, -0.25) is 0 Å². The molecular formula is C36H70O3. The van der Waals surface area contributed by atoms with Crippen molar-refractivity contribution in [2.75, 3.05) is 13.2 Å². The van der Waals surface area contributed by atoms with Gasteiger partial charge in [0.2, 0.25) is 0 Å². The second-order valence-electron chi connectivity index (χ2n) is 11.9. The summed E-state index contributed by atoms with van der Waals surface area (Å²) in [6, 6.07) is 0. The summed E-state index contributed by atoms with van der Waals surface area (Å²) in [5, 5.41) is 20.0. The molecule has 0 bridgehead atoms. The predicted molar refractivity (Wildman–Crippen MR) is 173 cm³/mol. The van der Waals surface area contributed by atoms with Gasteiger partial charge in [0.1, 0.15) is 0 Å². The highest BCUT2D eigenvalue weighted by Crippen LogP contribution is 2.12. The van der Waals surface area contributed by atoms with Crippen LogP contribution in [0.1, 0.15) is 181 Å². The molecule has 0 aliphatic heterocycles. The van der Waals surface area contributed by atoms with Crippen molar-refractivity contribution in [3.63, 3.8) is 0 Å². The smallest absolute Gasteiger partial charge is 0.0574 e. The molecule has 0 aromatic heterocycles. The van der Waals surface area contributed by atoms with E-state index in [9.17, 15) is 10.2 Å². The van der Waals surface area contributed by atoms with E-state index in [0.717, 1.165) is 51.7 Å². The molecule has 3 nitrogen and oxygen atoms in total. The number of unbranched alkanes of at least 4 members (excludes halogenated alkanes) is 18. The molecule has 0 amide bonds. The van der Waals surface area contributed by atoms with Crippen LogP contribution >= 0.6 is 0 Å². The molecule has 2 N–H and O–H groups in total.